The average molecular weight is 527 g/mol. The van der Waals surface area contributed by atoms with Gasteiger partial charge in [0.05, 0.1) is 16.8 Å². The number of hydrogen-bond donors (Lipinski definition) is 2. The first-order valence-corrected chi connectivity index (χ1v) is 14.4. The van der Waals surface area contributed by atoms with Crippen LogP contribution in [0.4, 0.5) is 0 Å². The average Bonchev–Trinajstić information content (AvgIpc) is 3.43. The van der Waals surface area contributed by atoms with Gasteiger partial charge in [0.25, 0.3) is 5.91 Å². The van der Waals surface area contributed by atoms with Crippen molar-refractivity contribution in [1.29, 1.82) is 0 Å². The van der Waals surface area contributed by atoms with Crippen molar-refractivity contribution in [2.75, 3.05) is 20.6 Å². The van der Waals surface area contributed by atoms with Gasteiger partial charge in [-0.3, -0.25) is 4.79 Å². The first-order chi connectivity index (χ1) is 18.9. The second kappa shape index (κ2) is 10.2. The summed E-state index contributed by atoms with van der Waals surface area (Å²) >= 11 is 0. The zero-order valence-corrected chi connectivity index (χ0v) is 23.2. The number of aromatic carboxylic acids is 1. The number of carboxylic acids is 1. The fraction of sp³-hybridized carbons (Fsp3) is 0.438. The highest BCUT2D eigenvalue weighted by atomic mass is 16.4. The van der Waals surface area contributed by atoms with Gasteiger partial charge in [0.1, 0.15) is 5.69 Å². The summed E-state index contributed by atoms with van der Waals surface area (Å²) in [5.41, 5.74) is 8.02. The van der Waals surface area contributed by atoms with Crippen molar-refractivity contribution in [3.63, 3.8) is 0 Å². The number of amides is 1. The summed E-state index contributed by atoms with van der Waals surface area (Å²) in [5, 5.41) is 15.0. The lowest BCUT2D eigenvalue weighted by atomic mass is 9.81. The van der Waals surface area contributed by atoms with E-state index in [2.05, 4.69) is 51.5 Å². The number of nitrogens with one attached hydrogen (secondary N) is 1. The first-order valence-electron chi connectivity index (χ1n) is 14.4. The smallest absolute Gasteiger partial charge is 0.335 e. The predicted octanol–water partition coefficient (Wildman–Crippen LogP) is 6.22. The van der Waals surface area contributed by atoms with E-state index in [1.165, 1.54) is 35.9 Å². The second-order valence-electron chi connectivity index (χ2n) is 11.2. The van der Waals surface area contributed by atoms with Crippen molar-refractivity contribution in [3.8, 4) is 11.3 Å². The molecule has 4 aromatic rings. The molecule has 1 saturated carbocycles. The minimum absolute atomic E-state index is 0.0450. The lowest BCUT2D eigenvalue weighted by Gasteiger charge is -2.25. The van der Waals surface area contributed by atoms with E-state index in [1.807, 2.05) is 12.1 Å². The number of para-hydroxylation sites is 1. The normalized spacial score (nSPS) is 15.9. The highest BCUT2D eigenvalue weighted by molar-refractivity contribution is 6.08. The van der Waals surface area contributed by atoms with Crippen molar-refractivity contribution in [1.82, 2.24) is 19.4 Å². The molecule has 2 aliphatic rings. The Balaban J connectivity index is 1.72. The molecule has 1 amide bonds. The van der Waals surface area contributed by atoms with E-state index >= 15 is 0 Å². The van der Waals surface area contributed by atoms with Gasteiger partial charge in [-0.05, 0) is 56.5 Å². The van der Waals surface area contributed by atoms with E-state index in [4.69, 9.17) is 0 Å². The minimum atomic E-state index is -0.895. The third-order valence-corrected chi connectivity index (χ3v) is 8.98. The number of benzene rings is 2. The zero-order valence-electron chi connectivity index (χ0n) is 23.2. The molecule has 7 nitrogen and oxygen atoms in total. The van der Waals surface area contributed by atoms with Crippen molar-refractivity contribution in [3.05, 3.63) is 58.8 Å². The molecule has 7 heteroatoms. The maximum Gasteiger partial charge on any atom is 0.335 e. The van der Waals surface area contributed by atoms with Crippen LogP contribution >= 0.6 is 0 Å². The topological polar surface area (TPSA) is 79.5 Å². The van der Waals surface area contributed by atoms with Crippen LogP contribution < -0.4 is 5.32 Å². The van der Waals surface area contributed by atoms with Crippen LogP contribution in [-0.4, -0.2) is 51.7 Å². The van der Waals surface area contributed by atoms with Gasteiger partial charge in [-0.2, -0.15) is 0 Å². The summed E-state index contributed by atoms with van der Waals surface area (Å²) in [4.78, 5) is 27.6. The van der Waals surface area contributed by atoms with E-state index in [-0.39, 0.29) is 5.91 Å². The molecule has 0 spiro atoms. The maximum atomic E-state index is 13.4. The summed E-state index contributed by atoms with van der Waals surface area (Å²) in [7, 11) is 3.81. The number of carbonyl (C=O) groups excluding carboxylic acids is 1. The highest BCUT2D eigenvalue weighted by Crippen LogP contribution is 2.47. The van der Waals surface area contributed by atoms with Gasteiger partial charge in [-0.1, -0.05) is 50.5 Å². The van der Waals surface area contributed by atoms with Crippen LogP contribution in [0.2, 0.25) is 0 Å². The number of hydrogen-bond acceptors (Lipinski definition) is 3. The SMILES string of the molecule is CCN(C)Cc1c(C(=O)NC)n2c3c(cccc13)-c1c(C3CCCCC3)c3ccc(C(=O)O)cc3n1CCC2. The van der Waals surface area contributed by atoms with Crippen LogP contribution in [0.5, 0.6) is 0 Å². The summed E-state index contributed by atoms with van der Waals surface area (Å²) in [6.07, 6.45) is 6.87. The third kappa shape index (κ3) is 4.15. The summed E-state index contributed by atoms with van der Waals surface area (Å²) in [6.45, 7) is 5.23. The Morgan fingerprint density at radius 1 is 1.03 bits per heavy atom. The molecule has 6 rings (SSSR count). The fourth-order valence-corrected chi connectivity index (χ4v) is 7.04. The largest absolute Gasteiger partial charge is 0.478 e. The molecular weight excluding hydrogens is 488 g/mol. The second-order valence-corrected chi connectivity index (χ2v) is 11.2. The molecule has 39 heavy (non-hydrogen) atoms. The van der Waals surface area contributed by atoms with Gasteiger partial charge in [0, 0.05) is 54.1 Å². The van der Waals surface area contributed by atoms with E-state index in [0.717, 1.165) is 72.1 Å². The minimum Gasteiger partial charge on any atom is -0.478 e. The van der Waals surface area contributed by atoms with Gasteiger partial charge in [0.15, 0.2) is 0 Å². The Kier molecular flexibility index (Phi) is 6.71. The molecule has 0 unspecified atom stereocenters. The summed E-state index contributed by atoms with van der Waals surface area (Å²) in [5.74, 6) is -0.500. The maximum absolute atomic E-state index is 13.4. The lowest BCUT2D eigenvalue weighted by Crippen LogP contribution is -2.26. The fourth-order valence-electron chi connectivity index (χ4n) is 7.04. The Hall–Kier alpha value is -3.58. The lowest BCUT2D eigenvalue weighted by molar-refractivity contribution is 0.0696. The molecule has 2 aromatic carbocycles. The summed E-state index contributed by atoms with van der Waals surface area (Å²) < 4.78 is 4.64. The highest BCUT2D eigenvalue weighted by Gasteiger charge is 2.31. The number of carboxylic acid groups (broad SMARTS) is 1. The van der Waals surface area contributed by atoms with Crippen molar-refractivity contribution < 1.29 is 14.7 Å². The van der Waals surface area contributed by atoms with Crippen molar-refractivity contribution in [2.24, 2.45) is 0 Å². The molecule has 0 radical (unpaired) electrons. The molecule has 3 heterocycles. The number of aryl methyl sites for hydroxylation is 2. The third-order valence-electron chi connectivity index (χ3n) is 8.98. The Bertz CT molecular complexity index is 1590. The molecule has 1 fully saturated rings. The van der Waals surface area contributed by atoms with E-state index in [1.54, 1.807) is 13.1 Å². The molecule has 2 N–H and O–H groups in total. The molecular formula is C32H38N4O3. The van der Waals surface area contributed by atoms with Crippen LogP contribution in [0.3, 0.4) is 0 Å². The van der Waals surface area contributed by atoms with Gasteiger partial charge in [-0.25, -0.2) is 4.79 Å². The molecule has 204 valence electrons. The molecule has 0 bridgehead atoms. The quantitative estimate of drug-likeness (QED) is 0.312. The van der Waals surface area contributed by atoms with E-state index < -0.39 is 5.97 Å². The molecule has 0 atom stereocenters. The predicted molar refractivity (Wildman–Crippen MR) is 156 cm³/mol. The van der Waals surface area contributed by atoms with Gasteiger partial charge in [-0.15, -0.1) is 0 Å². The Morgan fingerprint density at radius 2 is 1.79 bits per heavy atom. The van der Waals surface area contributed by atoms with Crippen molar-refractivity contribution >= 4 is 33.7 Å². The van der Waals surface area contributed by atoms with Crippen LogP contribution in [0.25, 0.3) is 33.1 Å². The number of fused-ring (bicyclic) bond motifs is 4. The Labute approximate surface area is 229 Å². The number of rotatable bonds is 6. The zero-order chi connectivity index (χ0) is 27.3. The standard InChI is InChI=1S/C32H38N4O3/c1-4-34(3)19-25-22-12-8-13-24-28(22)36(30(25)31(37)33-2)17-9-16-35-26-18-21(32(38)39)14-15-23(26)27(29(24)35)20-10-6-5-7-11-20/h8,12-15,18,20H,4-7,9-11,16-17,19H2,1-3H3,(H,33,37)(H,38,39). The number of carbonyl (C=O) groups is 2. The molecule has 1 aliphatic heterocycles. The van der Waals surface area contributed by atoms with E-state index in [0.29, 0.717) is 18.0 Å². The Morgan fingerprint density at radius 3 is 2.51 bits per heavy atom. The van der Waals surface area contributed by atoms with Crippen LogP contribution in [0.1, 0.15) is 83.3 Å². The molecule has 0 saturated heterocycles. The van der Waals surface area contributed by atoms with Crippen LogP contribution in [0.15, 0.2) is 36.4 Å². The van der Waals surface area contributed by atoms with Crippen LogP contribution in [-0.2, 0) is 19.6 Å². The number of nitrogens with zero attached hydrogens (tertiary/aromatic N) is 3. The van der Waals surface area contributed by atoms with Crippen molar-refractivity contribution in [2.45, 2.75) is 71.0 Å². The first kappa shape index (κ1) is 25.7. The number of aromatic nitrogens is 2. The van der Waals surface area contributed by atoms with Crippen LogP contribution in [0, 0.1) is 0 Å². The van der Waals surface area contributed by atoms with Gasteiger partial charge >= 0.3 is 5.97 Å². The van der Waals surface area contributed by atoms with E-state index in [9.17, 15) is 14.7 Å². The van der Waals surface area contributed by atoms with Gasteiger partial charge < -0.3 is 24.5 Å². The summed E-state index contributed by atoms with van der Waals surface area (Å²) in [6, 6.07) is 12.2. The molecule has 1 aliphatic carbocycles. The monoisotopic (exact) mass is 526 g/mol. The molecule has 2 aromatic heterocycles. The van der Waals surface area contributed by atoms with Gasteiger partial charge in [0.2, 0.25) is 0 Å².